The van der Waals surface area contributed by atoms with Crippen LogP contribution in [0.5, 0.6) is 5.88 Å². The number of pyridine rings is 1. The summed E-state index contributed by atoms with van der Waals surface area (Å²) < 4.78 is 5.46. The van der Waals surface area contributed by atoms with Gasteiger partial charge >= 0.3 is 0 Å². The standard InChI is InChI=1S/C13H19NO2/c1-5-10(4)13(15)11-6-7-14-12(8-11)16-9(2)3/h6-10H,5H2,1-4H3/t10-/m1/s1. The molecule has 3 heteroatoms. The highest BCUT2D eigenvalue weighted by Gasteiger charge is 2.14. The Bertz CT molecular complexity index is 361. The van der Waals surface area contributed by atoms with Crippen molar-refractivity contribution < 1.29 is 9.53 Å². The van der Waals surface area contributed by atoms with Crippen LogP contribution in [-0.4, -0.2) is 16.9 Å². The predicted octanol–water partition coefficient (Wildman–Crippen LogP) is 3.10. The molecule has 0 N–H and O–H groups in total. The maximum atomic E-state index is 11.9. The molecule has 0 saturated carbocycles. The lowest BCUT2D eigenvalue weighted by Crippen LogP contribution is -2.12. The molecule has 0 radical (unpaired) electrons. The van der Waals surface area contributed by atoms with Crippen molar-refractivity contribution in [2.24, 2.45) is 5.92 Å². The molecule has 1 heterocycles. The summed E-state index contributed by atoms with van der Waals surface area (Å²) in [5.41, 5.74) is 0.681. The van der Waals surface area contributed by atoms with Crippen LogP contribution in [0.1, 0.15) is 44.5 Å². The molecule has 0 fully saturated rings. The second kappa shape index (κ2) is 5.64. The largest absolute Gasteiger partial charge is 0.475 e. The van der Waals surface area contributed by atoms with Crippen molar-refractivity contribution >= 4 is 5.78 Å². The van der Waals surface area contributed by atoms with E-state index in [-0.39, 0.29) is 17.8 Å². The molecule has 0 aliphatic rings. The fraction of sp³-hybridized carbons (Fsp3) is 0.538. The van der Waals surface area contributed by atoms with Crippen LogP contribution in [0.3, 0.4) is 0 Å². The number of hydrogen-bond acceptors (Lipinski definition) is 3. The van der Waals surface area contributed by atoms with Crippen molar-refractivity contribution in [2.75, 3.05) is 0 Å². The molecular weight excluding hydrogens is 202 g/mol. The SMILES string of the molecule is CC[C@@H](C)C(=O)c1ccnc(OC(C)C)c1. The second-order valence-electron chi connectivity index (χ2n) is 4.22. The summed E-state index contributed by atoms with van der Waals surface area (Å²) in [5.74, 6) is 0.719. The summed E-state index contributed by atoms with van der Waals surface area (Å²) in [6.07, 6.45) is 2.54. The molecule has 1 aromatic rings. The molecule has 0 aromatic carbocycles. The van der Waals surface area contributed by atoms with E-state index in [0.29, 0.717) is 11.4 Å². The van der Waals surface area contributed by atoms with Crippen LogP contribution in [0.25, 0.3) is 0 Å². The van der Waals surface area contributed by atoms with Crippen LogP contribution in [0, 0.1) is 5.92 Å². The average molecular weight is 221 g/mol. The number of carbonyl (C=O) groups is 1. The van der Waals surface area contributed by atoms with Crippen molar-refractivity contribution in [1.82, 2.24) is 4.98 Å². The third-order valence-electron chi connectivity index (χ3n) is 2.44. The first-order chi connectivity index (χ1) is 7.54. The first-order valence-electron chi connectivity index (χ1n) is 5.71. The molecule has 1 aromatic heterocycles. The predicted molar refractivity (Wildman–Crippen MR) is 63.8 cm³/mol. The highest BCUT2D eigenvalue weighted by atomic mass is 16.5. The number of aromatic nitrogens is 1. The van der Waals surface area contributed by atoms with Gasteiger partial charge in [-0.2, -0.15) is 0 Å². The Morgan fingerprint density at radius 1 is 1.44 bits per heavy atom. The van der Waals surface area contributed by atoms with Gasteiger partial charge in [0, 0.05) is 23.7 Å². The molecule has 1 atom stereocenters. The molecule has 0 aliphatic carbocycles. The van der Waals surface area contributed by atoms with Crippen LogP contribution in [0.2, 0.25) is 0 Å². The number of ketones is 1. The third kappa shape index (κ3) is 3.33. The van der Waals surface area contributed by atoms with Gasteiger partial charge in [-0.05, 0) is 26.3 Å². The number of ether oxygens (including phenoxy) is 1. The van der Waals surface area contributed by atoms with Gasteiger partial charge < -0.3 is 4.74 Å². The molecule has 1 rings (SSSR count). The van der Waals surface area contributed by atoms with Gasteiger partial charge in [-0.15, -0.1) is 0 Å². The van der Waals surface area contributed by atoms with E-state index in [2.05, 4.69) is 4.98 Å². The van der Waals surface area contributed by atoms with Gasteiger partial charge in [0.1, 0.15) is 0 Å². The monoisotopic (exact) mass is 221 g/mol. The Balaban J connectivity index is 2.85. The molecule has 0 spiro atoms. The van der Waals surface area contributed by atoms with Crippen molar-refractivity contribution in [3.05, 3.63) is 23.9 Å². The molecule has 3 nitrogen and oxygen atoms in total. The lowest BCUT2D eigenvalue weighted by atomic mass is 9.98. The number of hydrogen-bond donors (Lipinski definition) is 0. The molecule has 0 saturated heterocycles. The van der Waals surface area contributed by atoms with Crippen LogP contribution in [0.15, 0.2) is 18.3 Å². The first-order valence-corrected chi connectivity index (χ1v) is 5.71. The van der Waals surface area contributed by atoms with Crippen LogP contribution in [-0.2, 0) is 0 Å². The highest BCUT2D eigenvalue weighted by molar-refractivity contribution is 5.97. The Hall–Kier alpha value is -1.38. The number of rotatable bonds is 5. The first kappa shape index (κ1) is 12.7. The van der Waals surface area contributed by atoms with Gasteiger partial charge in [-0.1, -0.05) is 13.8 Å². The van der Waals surface area contributed by atoms with Crippen molar-refractivity contribution in [3.63, 3.8) is 0 Å². The average Bonchev–Trinajstić information content (AvgIpc) is 2.26. The van der Waals surface area contributed by atoms with E-state index in [1.54, 1.807) is 18.3 Å². The van der Waals surface area contributed by atoms with Gasteiger partial charge in [0.2, 0.25) is 5.88 Å². The lowest BCUT2D eigenvalue weighted by Gasteiger charge is -2.11. The quantitative estimate of drug-likeness (QED) is 0.717. The maximum Gasteiger partial charge on any atom is 0.214 e. The van der Waals surface area contributed by atoms with E-state index >= 15 is 0 Å². The Kier molecular flexibility index (Phi) is 4.47. The molecule has 88 valence electrons. The number of Topliss-reactive ketones (excluding diaryl/α,β-unsaturated/α-hetero) is 1. The van der Waals surface area contributed by atoms with Gasteiger partial charge in [0.15, 0.2) is 5.78 Å². The van der Waals surface area contributed by atoms with Gasteiger partial charge in [-0.25, -0.2) is 4.98 Å². The van der Waals surface area contributed by atoms with Gasteiger partial charge in [-0.3, -0.25) is 4.79 Å². The molecule has 0 bridgehead atoms. The van der Waals surface area contributed by atoms with Gasteiger partial charge in [0.25, 0.3) is 0 Å². The fourth-order valence-corrected chi connectivity index (χ4v) is 1.34. The van der Waals surface area contributed by atoms with Crippen LogP contribution >= 0.6 is 0 Å². The third-order valence-corrected chi connectivity index (χ3v) is 2.44. The maximum absolute atomic E-state index is 11.9. The lowest BCUT2D eigenvalue weighted by molar-refractivity contribution is 0.0926. The van der Waals surface area contributed by atoms with E-state index in [9.17, 15) is 4.79 Å². The van der Waals surface area contributed by atoms with Crippen LogP contribution < -0.4 is 4.74 Å². The molecule has 0 unspecified atom stereocenters. The minimum absolute atomic E-state index is 0.0503. The van der Waals surface area contributed by atoms with Crippen LogP contribution in [0.4, 0.5) is 0 Å². The minimum atomic E-state index is 0.0503. The molecule has 0 aliphatic heterocycles. The summed E-state index contributed by atoms with van der Waals surface area (Å²) in [5, 5.41) is 0. The van der Waals surface area contributed by atoms with E-state index < -0.39 is 0 Å². The molecule has 16 heavy (non-hydrogen) atoms. The fourth-order valence-electron chi connectivity index (χ4n) is 1.34. The van der Waals surface area contributed by atoms with E-state index in [1.807, 2.05) is 27.7 Å². The Morgan fingerprint density at radius 2 is 2.12 bits per heavy atom. The van der Waals surface area contributed by atoms with Crippen molar-refractivity contribution in [3.8, 4) is 5.88 Å². The summed E-state index contributed by atoms with van der Waals surface area (Å²) in [6, 6.07) is 3.45. The summed E-state index contributed by atoms with van der Waals surface area (Å²) in [6.45, 7) is 7.82. The summed E-state index contributed by atoms with van der Waals surface area (Å²) >= 11 is 0. The number of nitrogens with zero attached hydrogens (tertiary/aromatic N) is 1. The Labute approximate surface area is 96.8 Å². The Morgan fingerprint density at radius 3 is 2.69 bits per heavy atom. The smallest absolute Gasteiger partial charge is 0.214 e. The van der Waals surface area contributed by atoms with E-state index in [1.165, 1.54) is 0 Å². The second-order valence-corrected chi connectivity index (χ2v) is 4.22. The zero-order valence-electron chi connectivity index (χ0n) is 10.4. The highest BCUT2D eigenvalue weighted by Crippen LogP contribution is 2.16. The molecule has 0 amide bonds. The van der Waals surface area contributed by atoms with Crippen molar-refractivity contribution in [2.45, 2.75) is 40.2 Å². The minimum Gasteiger partial charge on any atom is -0.475 e. The van der Waals surface area contributed by atoms with E-state index in [0.717, 1.165) is 6.42 Å². The normalized spacial score (nSPS) is 12.6. The number of carbonyl (C=O) groups excluding carboxylic acids is 1. The topological polar surface area (TPSA) is 39.2 Å². The molecular formula is C13H19NO2. The summed E-state index contributed by atoms with van der Waals surface area (Å²) in [4.78, 5) is 16.0. The zero-order chi connectivity index (χ0) is 12.1. The summed E-state index contributed by atoms with van der Waals surface area (Å²) in [7, 11) is 0. The van der Waals surface area contributed by atoms with Crippen molar-refractivity contribution in [1.29, 1.82) is 0 Å². The van der Waals surface area contributed by atoms with Gasteiger partial charge in [0.05, 0.1) is 6.10 Å². The zero-order valence-corrected chi connectivity index (χ0v) is 10.4. The van der Waals surface area contributed by atoms with E-state index in [4.69, 9.17) is 4.74 Å².